The maximum atomic E-state index is 10.8. The van der Waals surface area contributed by atoms with Crippen LogP contribution in [0.15, 0.2) is 0 Å². The van der Waals surface area contributed by atoms with Crippen LogP contribution in [0.25, 0.3) is 0 Å². The van der Waals surface area contributed by atoms with Crippen LogP contribution in [0.1, 0.15) is 25.7 Å². The van der Waals surface area contributed by atoms with Crippen molar-refractivity contribution in [3.05, 3.63) is 0 Å². The number of carboxylic acid groups (broad SMARTS) is 1. The average molecular weight is 206 g/mol. The zero-order valence-corrected chi connectivity index (χ0v) is 8.26. The molecule has 0 atom stereocenters. The lowest BCUT2D eigenvalue weighted by Gasteiger charge is -2.01. The van der Waals surface area contributed by atoms with Gasteiger partial charge in [-0.3, -0.25) is 9.59 Å². The number of hydrogen-bond acceptors (Lipinski definition) is 4. The molecule has 0 rings (SSSR count). The monoisotopic (exact) mass is 206 g/mol. The van der Waals surface area contributed by atoms with Crippen molar-refractivity contribution in [3.63, 3.8) is 0 Å². The number of aliphatic carboxylic acids is 1. The summed E-state index contributed by atoms with van der Waals surface area (Å²) in [5, 5.41) is 8.29. The second-order valence-electron chi connectivity index (χ2n) is 2.54. The van der Waals surface area contributed by atoms with E-state index in [1.165, 1.54) is 0 Å². The first-order valence-electron chi connectivity index (χ1n) is 4.15. The van der Waals surface area contributed by atoms with Gasteiger partial charge < -0.3 is 9.84 Å². The largest absolute Gasteiger partial charge is 0.481 e. The number of esters is 1. The number of carbonyl (C=O) groups is 2. The third kappa shape index (κ3) is 9.20. The Kier molecular flexibility index (Phi) is 7.48. The predicted molar refractivity (Wildman–Crippen MR) is 50.9 cm³/mol. The maximum Gasteiger partial charge on any atom is 0.305 e. The average Bonchev–Trinajstić information content (AvgIpc) is 2.08. The van der Waals surface area contributed by atoms with Gasteiger partial charge in [-0.2, -0.15) is 12.6 Å². The Balaban J connectivity index is 3.22. The van der Waals surface area contributed by atoms with Gasteiger partial charge in [-0.1, -0.05) is 0 Å². The molecule has 0 aromatic rings. The molecule has 0 saturated heterocycles. The minimum Gasteiger partial charge on any atom is -0.481 e. The first kappa shape index (κ1) is 12.3. The Bertz CT molecular complexity index is 170. The molecule has 0 bridgehead atoms. The Morgan fingerprint density at radius 3 is 2.38 bits per heavy atom. The number of thiol groups is 1. The van der Waals surface area contributed by atoms with E-state index < -0.39 is 5.97 Å². The van der Waals surface area contributed by atoms with Crippen molar-refractivity contribution in [1.29, 1.82) is 0 Å². The highest BCUT2D eigenvalue weighted by Gasteiger charge is 2.02. The lowest BCUT2D eigenvalue weighted by Crippen LogP contribution is -2.06. The van der Waals surface area contributed by atoms with Gasteiger partial charge >= 0.3 is 11.9 Å². The molecular formula is C8H14O4S. The Hall–Kier alpha value is -0.710. The third-order valence-electron chi connectivity index (χ3n) is 1.38. The van der Waals surface area contributed by atoms with Crippen molar-refractivity contribution in [2.24, 2.45) is 0 Å². The number of carbonyl (C=O) groups excluding carboxylic acids is 1. The zero-order valence-electron chi connectivity index (χ0n) is 7.36. The van der Waals surface area contributed by atoms with E-state index in [0.29, 0.717) is 31.6 Å². The van der Waals surface area contributed by atoms with Gasteiger partial charge in [0, 0.05) is 18.6 Å². The molecule has 0 unspecified atom stereocenters. The quantitative estimate of drug-likeness (QED) is 0.372. The summed E-state index contributed by atoms with van der Waals surface area (Å²) in [5.41, 5.74) is 0. The minimum atomic E-state index is -0.830. The molecule has 0 aliphatic heterocycles. The van der Waals surface area contributed by atoms with Gasteiger partial charge in [-0.15, -0.1) is 0 Å². The van der Waals surface area contributed by atoms with Gasteiger partial charge in [-0.05, 0) is 12.8 Å². The van der Waals surface area contributed by atoms with Gasteiger partial charge in [-0.25, -0.2) is 0 Å². The second kappa shape index (κ2) is 7.91. The summed E-state index contributed by atoms with van der Waals surface area (Å²) in [6.45, 7) is 0.320. The Labute approximate surface area is 82.7 Å². The topological polar surface area (TPSA) is 63.6 Å². The fourth-order valence-electron chi connectivity index (χ4n) is 0.777. The van der Waals surface area contributed by atoms with Crippen molar-refractivity contribution in [3.8, 4) is 0 Å². The fourth-order valence-corrected chi connectivity index (χ4v) is 0.868. The van der Waals surface area contributed by atoms with E-state index in [9.17, 15) is 9.59 Å². The summed E-state index contributed by atoms with van der Waals surface area (Å²) in [4.78, 5) is 20.9. The molecule has 0 heterocycles. The van der Waals surface area contributed by atoms with Gasteiger partial charge in [0.05, 0.1) is 0 Å². The van der Waals surface area contributed by atoms with Crippen LogP contribution in [0.2, 0.25) is 0 Å². The molecule has 0 aromatic heterocycles. The van der Waals surface area contributed by atoms with Crippen LogP contribution in [0.5, 0.6) is 0 Å². The van der Waals surface area contributed by atoms with Gasteiger partial charge in [0.15, 0.2) is 0 Å². The molecule has 0 aromatic carbocycles. The summed E-state index contributed by atoms with van der Waals surface area (Å²) in [5.74, 6) is -0.593. The third-order valence-corrected chi connectivity index (χ3v) is 1.56. The predicted octanol–water partition coefficient (Wildman–Crippen LogP) is 1.10. The van der Waals surface area contributed by atoms with E-state index in [0.717, 1.165) is 0 Å². The van der Waals surface area contributed by atoms with E-state index in [4.69, 9.17) is 9.84 Å². The second-order valence-corrected chi connectivity index (χ2v) is 2.99. The fraction of sp³-hybridized carbons (Fsp3) is 0.750. The van der Waals surface area contributed by atoms with Crippen LogP contribution < -0.4 is 0 Å². The molecule has 5 heteroatoms. The molecular weight excluding hydrogens is 192 g/mol. The molecule has 0 amide bonds. The molecule has 0 spiro atoms. The van der Waals surface area contributed by atoms with Crippen LogP contribution in [-0.2, 0) is 14.3 Å². The summed E-state index contributed by atoms with van der Waals surface area (Å²) in [7, 11) is 0. The van der Waals surface area contributed by atoms with Crippen LogP contribution in [0.4, 0.5) is 0 Å². The molecule has 0 radical (unpaired) electrons. The van der Waals surface area contributed by atoms with Crippen molar-refractivity contribution in [2.75, 3.05) is 12.4 Å². The Morgan fingerprint density at radius 2 is 1.85 bits per heavy atom. The van der Waals surface area contributed by atoms with E-state index in [-0.39, 0.29) is 12.4 Å². The number of unbranched alkanes of at least 4 members (excludes halogenated alkanes) is 1. The smallest absolute Gasteiger partial charge is 0.305 e. The number of carboxylic acids is 1. The Morgan fingerprint density at radius 1 is 1.23 bits per heavy atom. The maximum absolute atomic E-state index is 10.8. The van der Waals surface area contributed by atoms with Crippen LogP contribution >= 0.6 is 12.6 Å². The standard InChI is InChI=1S/C8H14O4S/c9-7(10)3-1-2-4-8(11)12-5-6-13/h13H,1-6H2,(H,9,10). The van der Waals surface area contributed by atoms with Crippen molar-refractivity contribution < 1.29 is 19.4 Å². The molecule has 76 valence electrons. The number of ether oxygens (including phenoxy) is 1. The first-order valence-corrected chi connectivity index (χ1v) is 4.78. The summed E-state index contributed by atoms with van der Waals surface area (Å²) in [6, 6.07) is 0. The molecule has 0 aliphatic carbocycles. The molecule has 1 N–H and O–H groups in total. The number of rotatable bonds is 7. The van der Waals surface area contributed by atoms with E-state index in [1.54, 1.807) is 0 Å². The lowest BCUT2D eigenvalue weighted by molar-refractivity contribution is -0.143. The van der Waals surface area contributed by atoms with E-state index in [2.05, 4.69) is 12.6 Å². The summed E-state index contributed by atoms with van der Waals surface area (Å²) >= 11 is 3.88. The van der Waals surface area contributed by atoms with Crippen LogP contribution in [0, 0.1) is 0 Å². The minimum absolute atomic E-state index is 0.111. The lowest BCUT2D eigenvalue weighted by atomic mass is 10.2. The number of hydrogen-bond donors (Lipinski definition) is 2. The highest BCUT2D eigenvalue weighted by molar-refractivity contribution is 7.80. The molecule has 13 heavy (non-hydrogen) atoms. The van der Waals surface area contributed by atoms with Crippen molar-refractivity contribution in [1.82, 2.24) is 0 Å². The first-order chi connectivity index (χ1) is 6.16. The molecule has 4 nitrogen and oxygen atoms in total. The summed E-state index contributed by atoms with van der Waals surface area (Å²) < 4.78 is 4.74. The van der Waals surface area contributed by atoms with Crippen LogP contribution in [0.3, 0.4) is 0 Å². The van der Waals surface area contributed by atoms with Crippen LogP contribution in [-0.4, -0.2) is 29.4 Å². The normalized spacial score (nSPS) is 9.62. The SMILES string of the molecule is O=C(O)CCCCC(=O)OCCS. The molecule has 0 saturated carbocycles. The van der Waals surface area contributed by atoms with Gasteiger partial charge in [0.2, 0.25) is 0 Å². The zero-order chi connectivity index (χ0) is 10.1. The van der Waals surface area contributed by atoms with E-state index in [1.807, 2.05) is 0 Å². The van der Waals surface area contributed by atoms with Crippen molar-refractivity contribution >= 4 is 24.6 Å². The van der Waals surface area contributed by atoms with Gasteiger partial charge in [0.1, 0.15) is 6.61 Å². The van der Waals surface area contributed by atoms with Crippen molar-refractivity contribution in [2.45, 2.75) is 25.7 Å². The van der Waals surface area contributed by atoms with Gasteiger partial charge in [0.25, 0.3) is 0 Å². The summed E-state index contributed by atoms with van der Waals surface area (Å²) in [6.07, 6.45) is 1.49. The highest BCUT2D eigenvalue weighted by atomic mass is 32.1. The molecule has 0 aliphatic rings. The van der Waals surface area contributed by atoms with E-state index >= 15 is 0 Å². The highest BCUT2D eigenvalue weighted by Crippen LogP contribution is 2.01. The molecule has 0 fully saturated rings.